The van der Waals surface area contributed by atoms with E-state index in [1.165, 1.54) is 11.3 Å². The molecule has 1 amide bonds. The molecule has 0 unspecified atom stereocenters. The van der Waals surface area contributed by atoms with Gasteiger partial charge in [0.05, 0.1) is 23.9 Å². The Morgan fingerprint density at radius 3 is 2.72 bits per heavy atom. The summed E-state index contributed by atoms with van der Waals surface area (Å²) in [5, 5.41) is 12.2. The minimum absolute atomic E-state index is 0.131. The zero-order chi connectivity index (χ0) is 13.0. The topological polar surface area (TPSA) is 62.2 Å². The molecule has 5 heteroatoms. The molecule has 0 fully saturated rings. The zero-order valence-corrected chi connectivity index (χ0v) is 10.8. The quantitative estimate of drug-likeness (QED) is 0.884. The van der Waals surface area contributed by atoms with Crippen molar-refractivity contribution < 1.29 is 9.90 Å². The van der Waals surface area contributed by atoms with Crippen LogP contribution in [0.15, 0.2) is 35.8 Å². The maximum atomic E-state index is 12.0. The fraction of sp³-hybridized carbons (Fsp3) is 0.231. The Morgan fingerprint density at radius 2 is 2.17 bits per heavy atom. The highest BCUT2D eigenvalue weighted by atomic mass is 32.1. The van der Waals surface area contributed by atoms with E-state index in [1.54, 1.807) is 12.4 Å². The number of carbonyl (C=O) groups is 1. The molecule has 0 saturated carbocycles. The predicted octanol–water partition coefficient (Wildman–Crippen LogP) is 1.91. The molecule has 0 bridgehead atoms. The van der Waals surface area contributed by atoms with Crippen molar-refractivity contribution in [2.75, 3.05) is 6.61 Å². The number of amides is 1. The second-order valence-electron chi connectivity index (χ2n) is 3.89. The van der Waals surface area contributed by atoms with Gasteiger partial charge in [-0.1, -0.05) is 30.3 Å². The summed E-state index contributed by atoms with van der Waals surface area (Å²) in [6.45, 7) is 1.66. The van der Waals surface area contributed by atoms with E-state index >= 15 is 0 Å². The van der Waals surface area contributed by atoms with Crippen LogP contribution < -0.4 is 5.32 Å². The first-order valence-electron chi connectivity index (χ1n) is 5.59. The van der Waals surface area contributed by atoms with Gasteiger partial charge in [-0.15, -0.1) is 11.3 Å². The normalized spacial score (nSPS) is 12.1. The summed E-state index contributed by atoms with van der Waals surface area (Å²) in [6.07, 6.45) is 0. The van der Waals surface area contributed by atoms with E-state index < -0.39 is 0 Å². The van der Waals surface area contributed by atoms with Crippen LogP contribution in [0.3, 0.4) is 0 Å². The molecule has 0 aliphatic rings. The first-order valence-corrected chi connectivity index (χ1v) is 6.47. The SMILES string of the molecule is Cc1ncsc1C(=O)N[C@H](CO)c1ccccc1. The van der Waals surface area contributed by atoms with Crippen LogP contribution in [-0.4, -0.2) is 22.6 Å². The average Bonchev–Trinajstić information content (AvgIpc) is 2.83. The van der Waals surface area contributed by atoms with E-state index in [9.17, 15) is 9.90 Å². The molecular weight excluding hydrogens is 248 g/mol. The second kappa shape index (κ2) is 5.75. The van der Waals surface area contributed by atoms with Crippen LogP contribution in [0, 0.1) is 6.92 Å². The van der Waals surface area contributed by atoms with E-state index in [0.29, 0.717) is 10.6 Å². The van der Waals surface area contributed by atoms with E-state index in [4.69, 9.17) is 0 Å². The average molecular weight is 262 g/mol. The summed E-state index contributed by atoms with van der Waals surface area (Å²) in [5.41, 5.74) is 3.23. The lowest BCUT2D eigenvalue weighted by Gasteiger charge is -2.16. The number of hydrogen-bond donors (Lipinski definition) is 2. The summed E-state index contributed by atoms with van der Waals surface area (Å²) in [6, 6.07) is 9.01. The van der Waals surface area contributed by atoms with Gasteiger partial charge in [-0.3, -0.25) is 4.79 Å². The maximum Gasteiger partial charge on any atom is 0.263 e. The fourth-order valence-electron chi connectivity index (χ4n) is 1.66. The molecule has 0 radical (unpaired) electrons. The number of nitrogens with one attached hydrogen (secondary N) is 1. The largest absolute Gasteiger partial charge is 0.394 e. The number of hydrogen-bond acceptors (Lipinski definition) is 4. The molecule has 1 heterocycles. The highest BCUT2D eigenvalue weighted by Gasteiger charge is 2.17. The highest BCUT2D eigenvalue weighted by Crippen LogP contribution is 2.16. The number of benzene rings is 1. The Hall–Kier alpha value is -1.72. The number of rotatable bonds is 4. The number of aliphatic hydroxyl groups is 1. The molecular formula is C13H14N2O2S. The molecule has 4 nitrogen and oxygen atoms in total. The molecule has 1 aromatic heterocycles. The molecule has 0 aliphatic carbocycles. The van der Waals surface area contributed by atoms with Gasteiger partial charge >= 0.3 is 0 Å². The van der Waals surface area contributed by atoms with Gasteiger partial charge in [-0.05, 0) is 12.5 Å². The van der Waals surface area contributed by atoms with Gasteiger partial charge in [-0.25, -0.2) is 4.98 Å². The van der Waals surface area contributed by atoms with Gasteiger partial charge in [0.15, 0.2) is 0 Å². The summed E-state index contributed by atoms with van der Waals surface area (Å²) < 4.78 is 0. The molecule has 2 rings (SSSR count). The Morgan fingerprint density at radius 1 is 1.44 bits per heavy atom. The van der Waals surface area contributed by atoms with Gasteiger partial charge in [-0.2, -0.15) is 0 Å². The van der Waals surface area contributed by atoms with Crippen molar-refractivity contribution in [1.82, 2.24) is 10.3 Å². The van der Waals surface area contributed by atoms with Crippen molar-refractivity contribution in [3.63, 3.8) is 0 Å². The van der Waals surface area contributed by atoms with Crippen LogP contribution in [0.25, 0.3) is 0 Å². The molecule has 0 spiro atoms. The van der Waals surface area contributed by atoms with Crippen LogP contribution in [-0.2, 0) is 0 Å². The third-order valence-corrected chi connectivity index (χ3v) is 3.57. The van der Waals surface area contributed by atoms with E-state index in [0.717, 1.165) is 5.56 Å². The van der Waals surface area contributed by atoms with Crippen molar-refractivity contribution in [2.45, 2.75) is 13.0 Å². The molecule has 94 valence electrons. The van der Waals surface area contributed by atoms with Gasteiger partial charge < -0.3 is 10.4 Å². The number of nitrogens with zero attached hydrogens (tertiary/aromatic N) is 1. The molecule has 0 saturated heterocycles. The Balaban J connectivity index is 2.13. The number of carbonyl (C=O) groups excluding carboxylic acids is 1. The number of thiazole rings is 1. The molecule has 2 aromatic rings. The summed E-state index contributed by atoms with van der Waals surface area (Å²) >= 11 is 1.30. The summed E-state index contributed by atoms with van der Waals surface area (Å²) in [7, 11) is 0. The van der Waals surface area contributed by atoms with Crippen molar-refractivity contribution in [3.05, 3.63) is 52.0 Å². The van der Waals surface area contributed by atoms with E-state index in [1.807, 2.05) is 30.3 Å². The Kier molecular flexibility index (Phi) is 4.07. The van der Waals surface area contributed by atoms with Gasteiger partial charge in [0, 0.05) is 0 Å². The third kappa shape index (κ3) is 2.75. The first-order chi connectivity index (χ1) is 8.72. The number of aromatic nitrogens is 1. The number of aliphatic hydroxyl groups excluding tert-OH is 1. The zero-order valence-electron chi connectivity index (χ0n) is 9.96. The van der Waals surface area contributed by atoms with Crippen LogP contribution in [0.4, 0.5) is 0 Å². The lowest BCUT2D eigenvalue weighted by atomic mass is 10.1. The van der Waals surface area contributed by atoms with Crippen molar-refractivity contribution >= 4 is 17.2 Å². The third-order valence-electron chi connectivity index (χ3n) is 2.64. The molecule has 2 N–H and O–H groups in total. The monoisotopic (exact) mass is 262 g/mol. The highest BCUT2D eigenvalue weighted by molar-refractivity contribution is 7.11. The summed E-state index contributed by atoms with van der Waals surface area (Å²) in [4.78, 5) is 16.6. The Labute approximate surface area is 109 Å². The minimum atomic E-state index is -0.389. The number of aryl methyl sites for hydroxylation is 1. The fourth-order valence-corrected chi connectivity index (χ4v) is 2.37. The Bertz CT molecular complexity index is 525. The van der Waals surface area contributed by atoms with Crippen LogP contribution in [0.1, 0.15) is 27.0 Å². The van der Waals surface area contributed by atoms with Crippen LogP contribution >= 0.6 is 11.3 Å². The maximum absolute atomic E-state index is 12.0. The van der Waals surface area contributed by atoms with Crippen LogP contribution in [0.5, 0.6) is 0 Å². The van der Waals surface area contributed by atoms with Gasteiger partial charge in [0.2, 0.25) is 0 Å². The van der Waals surface area contributed by atoms with Crippen molar-refractivity contribution in [2.24, 2.45) is 0 Å². The van der Waals surface area contributed by atoms with Gasteiger partial charge in [0.25, 0.3) is 5.91 Å². The van der Waals surface area contributed by atoms with Gasteiger partial charge in [0.1, 0.15) is 4.88 Å². The second-order valence-corrected chi connectivity index (χ2v) is 4.74. The molecule has 18 heavy (non-hydrogen) atoms. The molecule has 1 aromatic carbocycles. The lowest BCUT2D eigenvalue weighted by Crippen LogP contribution is -2.30. The lowest BCUT2D eigenvalue weighted by molar-refractivity contribution is 0.0919. The standard InChI is InChI=1S/C13H14N2O2S/c1-9-12(18-8-14-9)13(17)15-11(7-16)10-5-3-2-4-6-10/h2-6,8,11,16H,7H2,1H3,(H,15,17)/t11-/m1/s1. The van der Waals surface area contributed by atoms with Crippen molar-refractivity contribution in [3.8, 4) is 0 Å². The molecule has 1 atom stereocenters. The van der Waals surface area contributed by atoms with E-state index in [2.05, 4.69) is 10.3 Å². The molecule has 0 aliphatic heterocycles. The predicted molar refractivity (Wildman–Crippen MR) is 70.6 cm³/mol. The van der Waals surface area contributed by atoms with Crippen LogP contribution in [0.2, 0.25) is 0 Å². The van der Waals surface area contributed by atoms with E-state index in [-0.39, 0.29) is 18.6 Å². The summed E-state index contributed by atoms with van der Waals surface area (Å²) in [5.74, 6) is -0.196. The minimum Gasteiger partial charge on any atom is -0.394 e. The smallest absolute Gasteiger partial charge is 0.263 e. The first kappa shape index (κ1) is 12.7. The van der Waals surface area contributed by atoms with Crippen molar-refractivity contribution in [1.29, 1.82) is 0 Å².